The van der Waals surface area contributed by atoms with E-state index >= 15 is 0 Å². The molecule has 2 aliphatic rings. The number of carbonyl (C=O) groups excluding carboxylic acids is 2. The van der Waals surface area contributed by atoms with Crippen molar-refractivity contribution in [1.29, 1.82) is 0 Å². The van der Waals surface area contributed by atoms with E-state index in [-0.39, 0.29) is 24.1 Å². The van der Waals surface area contributed by atoms with E-state index in [9.17, 15) is 18.4 Å². The highest BCUT2D eigenvalue weighted by Gasteiger charge is 2.54. The van der Waals surface area contributed by atoms with Crippen LogP contribution >= 0.6 is 0 Å². The third-order valence-electron chi connectivity index (χ3n) is 6.00. The molecule has 1 saturated heterocycles. The van der Waals surface area contributed by atoms with Crippen LogP contribution in [0.25, 0.3) is 0 Å². The minimum atomic E-state index is -0.933. The van der Waals surface area contributed by atoms with Crippen molar-refractivity contribution in [2.75, 3.05) is 6.61 Å². The molecule has 0 radical (unpaired) electrons. The van der Waals surface area contributed by atoms with E-state index in [2.05, 4.69) is 12.2 Å². The van der Waals surface area contributed by atoms with Crippen molar-refractivity contribution in [3.05, 3.63) is 35.4 Å². The van der Waals surface area contributed by atoms with Crippen LogP contribution in [-0.4, -0.2) is 41.1 Å². The summed E-state index contributed by atoms with van der Waals surface area (Å²) < 4.78 is 33.7. The lowest BCUT2D eigenvalue weighted by Crippen LogP contribution is -2.57. The summed E-state index contributed by atoms with van der Waals surface area (Å²) in [5.74, 6) is -2.12. The van der Waals surface area contributed by atoms with Crippen LogP contribution in [0.4, 0.5) is 8.78 Å². The van der Waals surface area contributed by atoms with Gasteiger partial charge in [0.25, 0.3) is 5.91 Å². The second-order valence-electron chi connectivity index (χ2n) is 8.07. The van der Waals surface area contributed by atoms with Gasteiger partial charge in [0.1, 0.15) is 23.4 Å². The Morgan fingerprint density at radius 1 is 1.32 bits per heavy atom. The zero-order valence-electron chi connectivity index (χ0n) is 16.6. The number of halogens is 2. The molecule has 3 rings (SSSR count). The molecular formula is C21H28F2N2O3. The SMILES string of the molecule is CC[C@H](C)NC(=O)[C@H]1COC2(CCC(C)CC2)N1C(=O)c1ccc(F)cc1F. The van der Waals surface area contributed by atoms with E-state index in [0.29, 0.717) is 24.8 Å². The lowest BCUT2D eigenvalue weighted by Gasteiger charge is -2.43. The molecule has 1 saturated carbocycles. The molecule has 154 valence electrons. The van der Waals surface area contributed by atoms with Gasteiger partial charge in [-0.25, -0.2) is 8.78 Å². The highest BCUT2D eigenvalue weighted by Crippen LogP contribution is 2.43. The normalized spacial score (nSPS) is 28.4. The first-order valence-electron chi connectivity index (χ1n) is 10.0. The van der Waals surface area contributed by atoms with Crippen molar-refractivity contribution in [1.82, 2.24) is 10.2 Å². The van der Waals surface area contributed by atoms with Gasteiger partial charge in [-0.05, 0) is 57.1 Å². The van der Waals surface area contributed by atoms with Crippen LogP contribution in [0.5, 0.6) is 0 Å². The average Bonchev–Trinajstić information content (AvgIpc) is 3.02. The summed E-state index contributed by atoms with van der Waals surface area (Å²) in [6.45, 7) is 6.06. The number of carbonyl (C=O) groups is 2. The maximum Gasteiger partial charge on any atom is 0.259 e. The second-order valence-corrected chi connectivity index (χ2v) is 8.07. The highest BCUT2D eigenvalue weighted by atomic mass is 19.1. The minimum absolute atomic E-state index is 0.0464. The van der Waals surface area contributed by atoms with Crippen LogP contribution in [0.15, 0.2) is 18.2 Å². The van der Waals surface area contributed by atoms with Gasteiger partial charge in [-0.15, -0.1) is 0 Å². The molecule has 1 heterocycles. The second kappa shape index (κ2) is 8.15. The largest absolute Gasteiger partial charge is 0.353 e. The number of nitrogens with zero attached hydrogens (tertiary/aromatic N) is 1. The summed E-state index contributed by atoms with van der Waals surface area (Å²) in [7, 11) is 0. The molecule has 1 spiro atoms. The van der Waals surface area contributed by atoms with Gasteiger partial charge in [0.15, 0.2) is 0 Å². The molecule has 2 fully saturated rings. The van der Waals surface area contributed by atoms with Gasteiger partial charge in [-0.1, -0.05) is 13.8 Å². The Morgan fingerprint density at radius 3 is 2.61 bits per heavy atom. The molecule has 1 aromatic carbocycles. The smallest absolute Gasteiger partial charge is 0.259 e. The Morgan fingerprint density at radius 2 is 2.00 bits per heavy atom. The molecule has 0 bridgehead atoms. The molecular weight excluding hydrogens is 366 g/mol. The molecule has 5 nitrogen and oxygen atoms in total. The summed E-state index contributed by atoms with van der Waals surface area (Å²) in [4.78, 5) is 27.6. The van der Waals surface area contributed by atoms with E-state index in [1.54, 1.807) is 0 Å². The third kappa shape index (κ3) is 3.90. The molecule has 0 aromatic heterocycles. The number of hydrogen-bond acceptors (Lipinski definition) is 3. The van der Waals surface area contributed by atoms with E-state index in [4.69, 9.17) is 4.74 Å². The summed E-state index contributed by atoms with van der Waals surface area (Å²) in [5, 5.41) is 2.90. The van der Waals surface area contributed by atoms with E-state index in [0.717, 1.165) is 31.4 Å². The van der Waals surface area contributed by atoms with Crippen LogP contribution in [0.1, 0.15) is 63.2 Å². The van der Waals surface area contributed by atoms with Gasteiger partial charge < -0.3 is 10.1 Å². The zero-order chi connectivity index (χ0) is 20.5. The first-order chi connectivity index (χ1) is 13.3. The van der Waals surface area contributed by atoms with Crippen LogP contribution in [0, 0.1) is 17.6 Å². The molecule has 7 heteroatoms. The Balaban J connectivity index is 1.95. The van der Waals surface area contributed by atoms with Gasteiger partial charge in [0, 0.05) is 12.1 Å². The fourth-order valence-electron chi connectivity index (χ4n) is 4.01. The molecule has 2 amide bonds. The van der Waals surface area contributed by atoms with Crippen LogP contribution in [0.2, 0.25) is 0 Å². The predicted octanol–water partition coefficient (Wildman–Crippen LogP) is 3.63. The van der Waals surface area contributed by atoms with E-state index < -0.39 is 29.3 Å². The van der Waals surface area contributed by atoms with Gasteiger partial charge in [0.05, 0.1) is 12.2 Å². The van der Waals surface area contributed by atoms with Gasteiger partial charge >= 0.3 is 0 Å². The molecule has 2 atom stereocenters. The molecule has 28 heavy (non-hydrogen) atoms. The van der Waals surface area contributed by atoms with Crippen LogP contribution in [-0.2, 0) is 9.53 Å². The summed E-state index contributed by atoms with van der Waals surface area (Å²) in [5.41, 5.74) is -1.16. The van der Waals surface area contributed by atoms with Crippen molar-refractivity contribution in [2.45, 2.75) is 70.7 Å². The molecule has 1 aliphatic carbocycles. The number of amides is 2. The number of nitrogens with one attached hydrogen (secondary N) is 1. The zero-order valence-corrected chi connectivity index (χ0v) is 16.6. The van der Waals surface area contributed by atoms with Crippen molar-refractivity contribution >= 4 is 11.8 Å². The quantitative estimate of drug-likeness (QED) is 0.849. The summed E-state index contributed by atoms with van der Waals surface area (Å²) >= 11 is 0. The molecule has 1 N–H and O–H groups in total. The number of ether oxygens (including phenoxy) is 1. The fourth-order valence-corrected chi connectivity index (χ4v) is 4.01. The number of benzene rings is 1. The summed E-state index contributed by atoms with van der Waals surface area (Å²) in [6, 6.07) is 1.99. The van der Waals surface area contributed by atoms with Crippen molar-refractivity contribution in [3.8, 4) is 0 Å². The maximum absolute atomic E-state index is 14.3. The van der Waals surface area contributed by atoms with Gasteiger partial charge in [0.2, 0.25) is 5.91 Å². The summed E-state index contributed by atoms with van der Waals surface area (Å²) in [6.07, 6.45) is 3.65. The Kier molecular flexibility index (Phi) is 6.03. The monoisotopic (exact) mass is 394 g/mol. The number of rotatable bonds is 4. The lowest BCUT2D eigenvalue weighted by molar-refractivity contribution is -0.128. The van der Waals surface area contributed by atoms with Crippen molar-refractivity contribution < 1.29 is 23.1 Å². The average molecular weight is 394 g/mol. The minimum Gasteiger partial charge on any atom is -0.353 e. The van der Waals surface area contributed by atoms with Gasteiger partial charge in [-0.2, -0.15) is 0 Å². The van der Waals surface area contributed by atoms with E-state index in [1.165, 1.54) is 4.90 Å². The fraction of sp³-hybridized carbons (Fsp3) is 0.619. The lowest BCUT2D eigenvalue weighted by atomic mass is 9.83. The topological polar surface area (TPSA) is 58.6 Å². The Bertz CT molecular complexity index is 747. The third-order valence-corrected chi connectivity index (χ3v) is 6.00. The Hall–Kier alpha value is -2.02. The predicted molar refractivity (Wildman–Crippen MR) is 101 cm³/mol. The van der Waals surface area contributed by atoms with Crippen molar-refractivity contribution in [2.24, 2.45) is 5.92 Å². The number of hydrogen-bond donors (Lipinski definition) is 1. The maximum atomic E-state index is 14.3. The van der Waals surface area contributed by atoms with Crippen LogP contribution in [0.3, 0.4) is 0 Å². The van der Waals surface area contributed by atoms with Gasteiger partial charge in [-0.3, -0.25) is 14.5 Å². The highest BCUT2D eigenvalue weighted by molar-refractivity contribution is 5.98. The standard InChI is InChI=1S/C21H28F2N2O3/c1-4-14(3)24-19(26)18-12-28-21(9-7-13(2)8-10-21)25(18)20(27)16-6-5-15(22)11-17(16)23/h5-6,11,13-14,18H,4,7-10,12H2,1-3H3,(H,24,26)/t13?,14-,18+,21?/m0/s1. The van der Waals surface area contributed by atoms with Crippen LogP contribution < -0.4 is 5.32 Å². The molecule has 0 unspecified atom stereocenters. The first-order valence-corrected chi connectivity index (χ1v) is 10.0. The van der Waals surface area contributed by atoms with E-state index in [1.807, 2.05) is 13.8 Å². The molecule has 1 aliphatic heterocycles. The first kappa shape index (κ1) is 20.7. The Labute approximate surface area is 164 Å². The molecule has 1 aromatic rings. The van der Waals surface area contributed by atoms with Crippen molar-refractivity contribution in [3.63, 3.8) is 0 Å².